The van der Waals surface area contributed by atoms with Gasteiger partial charge in [0.25, 0.3) is 0 Å². The minimum atomic E-state index is -4.35. The maximum atomic E-state index is 12.5. The van der Waals surface area contributed by atoms with Gasteiger partial charge in [-0.25, -0.2) is 4.99 Å². The molecular weight excluding hydrogens is 335 g/mol. The van der Waals surface area contributed by atoms with Crippen molar-refractivity contribution >= 4 is 5.96 Å². The summed E-state index contributed by atoms with van der Waals surface area (Å²) in [6.07, 6.45) is -3.70. The third-order valence-corrected chi connectivity index (χ3v) is 3.38. The molecule has 0 saturated carbocycles. The van der Waals surface area contributed by atoms with Crippen molar-refractivity contribution in [3.63, 3.8) is 0 Å². The fraction of sp³-hybridized carbons (Fsp3) is 0.353. The van der Waals surface area contributed by atoms with Gasteiger partial charge in [0.15, 0.2) is 5.96 Å². The van der Waals surface area contributed by atoms with Gasteiger partial charge < -0.3 is 20.2 Å². The summed E-state index contributed by atoms with van der Waals surface area (Å²) in [5.74, 6) is 0.888. The molecule has 25 heavy (non-hydrogen) atoms. The molecule has 3 N–H and O–H groups in total. The molecule has 8 heteroatoms. The number of alkyl halides is 3. The van der Waals surface area contributed by atoms with Crippen molar-refractivity contribution in [1.82, 2.24) is 10.6 Å². The van der Waals surface area contributed by atoms with Gasteiger partial charge in [-0.15, -0.1) is 0 Å². The van der Waals surface area contributed by atoms with Gasteiger partial charge in [0.05, 0.1) is 24.9 Å². The number of benzene rings is 1. The van der Waals surface area contributed by atoms with Gasteiger partial charge in [0.1, 0.15) is 11.9 Å². The summed E-state index contributed by atoms with van der Waals surface area (Å²) < 4.78 is 42.8. The molecule has 0 fully saturated rings. The highest BCUT2D eigenvalue weighted by molar-refractivity contribution is 5.79. The maximum Gasteiger partial charge on any atom is 0.416 e. The number of furan rings is 1. The SMILES string of the molecule is CCNC(=NCc1ccc(C(F)(F)F)cc1)NCC(O)c1ccco1. The van der Waals surface area contributed by atoms with E-state index >= 15 is 0 Å². The lowest BCUT2D eigenvalue weighted by atomic mass is 10.1. The van der Waals surface area contributed by atoms with Crippen molar-refractivity contribution in [2.45, 2.75) is 25.7 Å². The van der Waals surface area contributed by atoms with Gasteiger partial charge in [-0.2, -0.15) is 13.2 Å². The van der Waals surface area contributed by atoms with Crippen LogP contribution in [0.15, 0.2) is 52.1 Å². The van der Waals surface area contributed by atoms with E-state index in [4.69, 9.17) is 4.42 Å². The number of nitrogens with one attached hydrogen (secondary N) is 2. The van der Waals surface area contributed by atoms with Crippen molar-refractivity contribution < 1.29 is 22.7 Å². The smallest absolute Gasteiger partial charge is 0.416 e. The Balaban J connectivity index is 1.94. The quantitative estimate of drug-likeness (QED) is 0.550. The summed E-state index contributed by atoms with van der Waals surface area (Å²) in [4.78, 5) is 4.30. The largest absolute Gasteiger partial charge is 0.467 e. The van der Waals surface area contributed by atoms with E-state index in [1.54, 1.807) is 12.1 Å². The molecule has 1 aromatic heterocycles. The number of halogens is 3. The molecule has 2 aromatic rings. The van der Waals surface area contributed by atoms with E-state index in [1.165, 1.54) is 18.4 Å². The van der Waals surface area contributed by atoms with Crippen LogP contribution in [0, 0.1) is 0 Å². The third kappa shape index (κ3) is 5.82. The Labute approximate surface area is 143 Å². The molecule has 1 atom stereocenters. The van der Waals surface area contributed by atoms with Crippen molar-refractivity contribution in [1.29, 1.82) is 0 Å². The van der Waals surface area contributed by atoms with Crippen LogP contribution in [0.2, 0.25) is 0 Å². The van der Waals surface area contributed by atoms with Crippen LogP contribution in [0.5, 0.6) is 0 Å². The second-order valence-electron chi connectivity index (χ2n) is 5.30. The van der Waals surface area contributed by atoms with Gasteiger partial charge in [-0.05, 0) is 36.8 Å². The highest BCUT2D eigenvalue weighted by atomic mass is 19.4. The average molecular weight is 355 g/mol. The first kappa shape index (κ1) is 18.9. The van der Waals surface area contributed by atoms with Crippen molar-refractivity contribution in [2.24, 2.45) is 4.99 Å². The summed E-state index contributed by atoms with van der Waals surface area (Å²) in [7, 11) is 0. The lowest BCUT2D eigenvalue weighted by molar-refractivity contribution is -0.137. The number of hydrogen-bond acceptors (Lipinski definition) is 3. The van der Waals surface area contributed by atoms with Crippen LogP contribution in [0.1, 0.15) is 29.9 Å². The van der Waals surface area contributed by atoms with Crippen LogP contribution in [0.4, 0.5) is 13.2 Å². The van der Waals surface area contributed by atoms with Gasteiger partial charge in [-0.3, -0.25) is 0 Å². The van der Waals surface area contributed by atoms with Gasteiger partial charge in [0.2, 0.25) is 0 Å². The number of aliphatic hydroxyl groups excluding tert-OH is 1. The topological polar surface area (TPSA) is 69.8 Å². The molecule has 0 aliphatic carbocycles. The molecule has 0 spiro atoms. The highest BCUT2D eigenvalue weighted by Gasteiger charge is 2.29. The number of aliphatic hydroxyl groups is 1. The molecule has 1 aromatic carbocycles. The number of rotatable bonds is 6. The lowest BCUT2D eigenvalue weighted by Crippen LogP contribution is -2.39. The Hall–Kier alpha value is -2.48. The predicted octanol–water partition coefficient (Wildman–Crippen LogP) is 3.09. The van der Waals surface area contributed by atoms with Crippen LogP contribution in [-0.4, -0.2) is 24.2 Å². The summed E-state index contributed by atoms with van der Waals surface area (Å²) >= 11 is 0. The Morgan fingerprint density at radius 3 is 2.48 bits per heavy atom. The average Bonchev–Trinajstić information content (AvgIpc) is 3.11. The van der Waals surface area contributed by atoms with Crippen molar-refractivity contribution in [3.8, 4) is 0 Å². The highest BCUT2D eigenvalue weighted by Crippen LogP contribution is 2.29. The number of nitrogens with zero attached hydrogens (tertiary/aromatic N) is 1. The van der Waals surface area contributed by atoms with Crippen molar-refractivity contribution in [3.05, 3.63) is 59.5 Å². The van der Waals surface area contributed by atoms with Crippen LogP contribution in [0.3, 0.4) is 0 Å². The van der Waals surface area contributed by atoms with E-state index in [1.807, 2.05) is 6.92 Å². The normalized spacial score (nSPS) is 13.6. The zero-order valence-corrected chi connectivity index (χ0v) is 13.7. The molecule has 0 aliphatic rings. The summed E-state index contributed by atoms with van der Waals surface area (Å²) in [6, 6.07) is 8.21. The molecule has 1 heterocycles. The summed E-state index contributed by atoms with van der Waals surface area (Å²) in [6.45, 7) is 2.89. The van der Waals surface area contributed by atoms with Crippen LogP contribution >= 0.6 is 0 Å². The molecule has 136 valence electrons. The van der Waals surface area contributed by atoms with Gasteiger partial charge in [-0.1, -0.05) is 12.1 Å². The molecule has 0 radical (unpaired) electrons. The maximum absolute atomic E-state index is 12.5. The predicted molar refractivity (Wildman–Crippen MR) is 87.9 cm³/mol. The van der Waals surface area contributed by atoms with E-state index in [0.717, 1.165) is 12.1 Å². The van der Waals surface area contributed by atoms with E-state index in [-0.39, 0.29) is 13.1 Å². The summed E-state index contributed by atoms with van der Waals surface area (Å²) in [5.41, 5.74) is -0.0383. The molecule has 0 bridgehead atoms. The zero-order chi connectivity index (χ0) is 18.3. The Morgan fingerprint density at radius 2 is 1.92 bits per heavy atom. The fourth-order valence-electron chi connectivity index (χ4n) is 2.09. The van der Waals surface area contributed by atoms with E-state index in [9.17, 15) is 18.3 Å². The third-order valence-electron chi connectivity index (χ3n) is 3.38. The first-order chi connectivity index (χ1) is 11.9. The molecule has 5 nitrogen and oxygen atoms in total. The Bertz CT molecular complexity index is 667. The first-order valence-corrected chi connectivity index (χ1v) is 7.80. The number of hydrogen-bond donors (Lipinski definition) is 3. The van der Waals surface area contributed by atoms with Crippen LogP contribution in [-0.2, 0) is 12.7 Å². The Kier molecular flexibility index (Phi) is 6.46. The van der Waals surface area contributed by atoms with Crippen molar-refractivity contribution in [2.75, 3.05) is 13.1 Å². The van der Waals surface area contributed by atoms with Crippen LogP contribution < -0.4 is 10.6 Å². The Morgan fingerprint density at radius 1 is 1.20 bits per heavy atom. The summed E-state index contributed by atoms with van der Waals surface area (Å²) in [5, 5.41) is 15.9. The first-order valence-electron chi connectivity index (χ1n) is 7.80. The fourth-order valence-corrected chi connectivity index (χ4v) is 2.09. The van der Waals surface area contributed by atoms with E-state index in [2.05, 4.69) is 15.6 Å². The standard InChI is InChI=1S/C17H20F3N3O2/c1-2-21-16(23-11-14(24)15-4-3-9-25-15)22-10-12-5-7-13(8-6-12)17(18,19)20/h3-9,14,24H,2,10-11H2,1H3,(H2,21,22,23). The molecular formula is C17H20F3N3O2. The van der Waals surface area contributed by atoms with Gasteiger partial charge in [0, 0.05) is 6.54 Å². The second-order valence-corrected chi connectivity index (χ2v) is 5.30. The van der Waals surface area contributed by atoms with E-state index in [0.29, 0.717) is 23.8 Å². The number of guanidine groups is 1. The van der Waals surface area contributed by atoms with Gasteiger partial charge >= 0.3 is 6.18 Å². The lowest BCUT2D eigenvalue weighted by Gasteiger charge is -2.14. The molecule has 0 saturated heterocycles. The second kappa shape index (κ2) is 8.57. The molecule has 0 amide bonds. The molecule has 0 aliphatic heterocycles. The monoisotopic (exact) mass is 355 g/mol. The minimum Gasteiger partial charge on any atom is -0.467 e. The minimum absolute atomic E-state index is 0.187. The van der Waals surface area contributed by atoms with Crippen LogP contribution in [0.25, 0.3) is 0 Å². The van der Waals surface area contributed by atoms with E-state index < -0.39 is 17.8 Å². The molecule has 1 unspecified atom stereocenters. The molecule has 2 rings (SSSR count). The zero-order valence-electron chi connectivity index (χ0n) is 13.7. The number of aliphatic imine (C=N–C) groups is 1.